The van der Waals surface area contributed by atoms with E-state index in [1.54, 1.807) is 0 Å². The highest BCUT2D eigenvalue weighted by molar-refractivity contribution is 7.22. The van der Waals surface area contributed by atoms with Crippen LogP contribution in [0.2, 0.25) is 0 Å². The van der Waals surface area contributed by atoms with Crippen molar-refractivity contribution < 1.29 is 10.2 Å². The van der Waals surface area contributed by atoms with E-state index >= 15 is 0 Å². The van der Waals surface area contributed by atoms with E-state index < -0.39 is 5.95 Å². The minimum Gasteiger partial charge on any atom is -0.480 e. The van der Waals surface area contributed by atoms with Gasteiger partial charge in [0.15, 0.2) is 0 Å². The van der Waals surface area contributed by atoms with Gasteiger partial charge in [-0.3, -0.25) is 10.1 Å². The Morgan fingerprint density at radius 1 is 0.949 bits per heavy atom. The Bertz CT molecular complexity index is 2250. The molecule has 2 saturated heterocycles. The number of aliphatic imine (C=N–C) groups is 1. The standard InChI is InChI=1S/C47H63N9O2S/c1-31(40(48)53-43-51-36-14-7-8-15-37(36)59-43)33-13-11-22-55(41(33)49)38-17-16-34(39(52-38)42(57)58)35-23-50-56(32(35)2)30-47-27-44(3)24-45(4,28-47)26-46(25-44,29-47)18-12-21-54-19-9-5-6-10-20-54/h7-8,14-17,23,49,52,57-58H,5-6,9-13,18-22,24-30H2,1-4H3,(H2,48,51,53)/b33-31-,49-41?. The van der Waals surface area contributed by atoms with Gasteiger partial charge in [0.25, 0.3) is 5.95 Å². The van der Waals surface area contributed by atoms with Crippen molar-refractivity contribution in [1.29, 1.82) is 5.41 Å². The van der Waals surface area contributed by atoms with Crippen LogP contribution >= 0.6 is 11.3 Å². The molecule has 0 amide bonds. The maximum Gasteiger partial charge on any atom is 0.299 e. The van der Waals surface area contributed by atoms with Gasteiger partial charge in [0, 0.05) is 35.5 Å². The molecule has 3 aliphatic heterocycles. The molecule has 4 bridgehead atoms. The third kappa shape index (κ3) is 7.75. The Balaban J connectivity index is 0.938. The number of dihydropyridines is 1. The third-order valence-electron chi connectivity index (χ3n) is 14.7. The van der Waals surface area contributed by atoms with Gasteiger partial charge in [0.1, 0.15) is 23.2 Å². The van der Waals surface area contributed by atoms with Gasteiger partial charge in [0.05, 0.1) is 16.4 Å². The lowest BCUT2D eigenvalue weighted by Crippen LogP contribution is -2.60. The predicted octanol–water partition coefficient (Wildman–Crippen LogP) is 10.0. The van der Waals surface area contributed by atoms with Gasteiger partial charge < -0.3 is 31.1 Å². The fourth-order valence-corrected chi connectivity index (χ4v) is 14.4. The number of nitrogens with two attached hydrogens (primary N) is 1. The van der Waals surface area contributed by atoms with Gasteiger partial charge in [-0.05, 0) is 162 Å². The van der Waals surface area contributed by atoms with Crippen molar-refractivity contribution in [3.63, 3.8) is 0 Å². The molecule has 0 spiro atoms. The highest BCUT2D eigenvalue weighted by Crippen LogP contribution is 2.75. The van der Waals surface area contributed by atoms with Crippen molar-refractivity contribution in [1.82, 2.24) is 29.9 Å². The number of thiazole rings is 1. The Morgan fingerprint density at radius 3 is 2.41 bits per heavy atom. The van der Waals surface area contributed by atoms with Crippen molar-refractivity contribution in [3.05, 3.63) is 82.5 Å². The normalized spacial score (nSPS) is 31.0. The van der Waals surface area contributed by atoms with E-state index in [1.165, 1.54) is 108 Å². The monoisotopic (exact) mass is 817 g/mol. The smallest absolute Gasteiger partial charge is 0.299 e. The zero-order chi connectivity index (χ0) is 41.2. The van der Waals surface area contributed by atoms with Crippen LogP contribution in [0.1, 0.15) is 122 Å². The highest BCUT2D eigenvalue weighted by atomic mass is 32.1. The van der Waals surface area contributed by atoms with E-state index in [1.807, 2.05) is 54.4 Å². The van der Waals surface area contributed by atoms with E-state index in [2.05, 4.69) is 45.6 Å². The lowest BCUT2D eigenvalue weighted by molar-refractivity contribution is -0.198. The molecule has 6 fully saturated rings. The molecule has 2 atom stereocenters. The maximum atomic E-state index is 10.7. The van der Waals surface area contributed by atoms with E-state index in [-0.39, 0.29) is 11.1 Å². The molecular formula is C47H63N9O2S. The number of aliphatic hydroxyl groups excluding tert-OH is 1. The van der Waals surface area contributed by atoms with E-state index in [0.29, 0.717) is 57.4 Å². The molecule has 2 aromatic heterocycles. The fourth-order valence-electron chi connectivity index (χ4n) is 13.6. The number of hydrogen-bond donors (Lipinski definition) is 5. The van der Waals surface area contributed by atoms with Gasteiger partial charge in [0.2, 0.25) is 5.13 Å². The molecule has 314 valence electrons. The van der Waals surface area contributed by atoms with Crippen molar-refractivity contribution in [2.24, 2.45) is 32.4 Å². The summed E-state index contributed by atoms with van der Waals surface area (Å²) in [6, 6.07) is 7.92. The third-order valence-corrected chi connectivity index (χ3v) is 15.6. The summed E-state index contributed by atoms with van der Waals surface area (Å²) in [5.41, 5.74) is 13.1. The molecule has 11 nitrogen and oxygen atoms in total. The first-order chi connectivity index (χ1) is 28.2. The number of para-hydroxylation sites is 1. The average molecular weight is 818 g/mol. The van der Waals surface area contributed by atoms with Gasteiger partial charge in [-0.15, -0.1) is 0 Å². The first-order valence-electron chi connectivity index (χ1n) is 22.1. The second kappa shape index (κ2) is 15.2. The quantitative estimate of drug-likeness (QED) is 0.0771. The number of aliphatic hydroxyl groups is 2. The van der Waals surface area contributed by atoms with E-state index in [9.17, 15) is 15.6 Å². The van der Waals surface area contributed by atoms with Gasteiger partial charge >= 0.3 is 0 Å². The molecule has 5 heterocycles. The molecule has 12 heteroatoms. The number of hydrogen-bond acceptors (Lipinski definition) is 9. The zero-order valence-electron chi connectivity index (χ0n) is 35.5. The van der Waals surface area contributed by atoms with Crippen molar-refractivity contribution in [3.8, 4) is 0 Å². The second-order valence-electron chi connectivity index (χ2n) is 20.0. The molecule has 0 radical (unpaired) electrons. The number of amidine groups is 2. The molecule has 7 aliphatic rings. The van der Waals surface area contributed by atoms with Crippen LogP contribution in [0.4, 0.5) is 5.13 Å². The highest BCUT2D eigenvalue weighted by Gasteiger charge is 2.65. The summed E-state index contributed by atoms with van der Waals surface area (Å²) in [4.78, 5) is 13.9. The lowest BCUT2D eigenvalue weighted by atomic mass is 9.35. The van der Waals surface area contributed by atoms with Crippen LogP contribution in [0.25, 0.3) is 15.8 Å². The number of allylic oxidation sites excluding steroid dienone is 3. The lowest BCUT2D eigenvalue weighted by Gasteiger charge is -2.70. The molecular weight excluding hydrogens is 755 g/mol. The molecule has 59 heavy (non-hydrogen) atoms. The zero-order valence-corrected chi connectivity index (χ0v) is 36.4. The van der Waals surface area contributed by atoms with E-state index in [0.717, 1.165) is 45.6 Å². The van der Waals surface area contributed by atoms with Gasteiger partial charge in [-0.25, -0.2) is 9.98 Å². The van der Waals surface area contributed by atoms with Gasteiger partial charge in [-0.1, -0.05) is 50.2 Å². The number of aromatic nitrogens is 3. The van der Waals surface area contributed by atoms with Crippen LogP contribution in [0, 0.1) is 34.0 Å². The van der Waals surface area contributed by atoms with Crippen LogP contribution in [0.3, 0.4) is 0 Å². The topological polar surface area (TPSA) is 152 Å². The van der Waals surface area contributed by atoms with Crippen LogP contribution < -0.4 is 11.1 Å². The largest absolute Gasteiger partial charge is 0.480 e. The second-order valence-corrected chi connectivity index (χ2v) is 21.0. The van der Waals surface area contributed by atoms with Crippen molar-refractivity contribution in [2.45, 2.75) is 124 Å². The number of nitrogens with one attached hydrogen (secondary N) is 2. The number of nitrogens with zero attached hydrogens (tertiary/aromatic N) is 6. The fraction of sp³-hybridized carbons (Fsp3) is 0.574. The summed E-state index contributed by atoms with van der Waals surface area (Å²) in [6.45, 7) is 14.5. The number of piperidine rings is 1. The Labute approximate surface area is 353 Å². The number of likely N-dealkylation sites (tertiary alicyclic amines) is 2. The minimum atomic E-state index is -0.791. The first-order valence-corrected chi connectivity index (χ1v) is 22.9. The molecule has 6 N–H and O–H groups in total. The molecule has 1 aromatic carbocycles. The van der Waals surface area contributed by atoms with E-state index in [4.69, 9.17) is 10.8 Å². The first kappa shape index (κ1) is 40.0. The predicted molar refractivity (Wildman–Crippen MR) is 239 cm³/mol. The molecule has 3 aromatic rings. The number of rotatable bonds is 10. The number of fused-ring (bicyclic) bond motifs is 1. The minimum absolute atomic E-state index is 0.208. The van der Waals surface area contributed by atoms with Crippen LogP contribution in [0.15, 0.2) is 76.2 Å². The maximum absolute atomic E-state index is 10.7. The Hall–Kier alpha value is -4.42. The van der Waals surface area contributed by atoms with Crippen LogP contribution in [-0.2, 0) is 6.54 Å². The SMILES string of the molecule is CC(=C1\CCCN(C2=CC=C(c3cnn(CC45CC6(C)CC(C)(CC(CCCN7CCCCCC7)(C6)C4)C5)c3C)C(=C(O)O)N2)C1=N)/C(N)=N\c1nc2ccccc2s1. The van der Waals surface area contributed by atoms with Crippen molar-refractivity contribution >= 4 is 43.9 Å². The Morgan fingerprint density at radius 2 is 1.68 bits per heavy atom. The summed E-state index contributed by atoms with van der Waals surface area (Å²) < 4.78 is 3.26. The van der Waals surface area contributed by atoms with Gasteiger partial charge in [-0.2, -0.15) is 5.10 Å². The number of benzene rings is 1. The molecule has 4 saturated carbocycles. The summed E-state index contributed by atoms with van der Waals surface area (Å²) in [7, 11) is 0. The molecule has 2 unspecified atom stereocenters. The van der Waals surface area contributed by atoms with Crippen LogP contribution in [-0.4, -0.2) is 72.6 Å². The summed E-state index contributed by atoms with van der Waals surface area (Å²) in [5, 5.41) is 39.6. The van der Waals surface area contributed by atoms with Crippen molar-refractivity contribution in [2.75, 3.05) is 26.2 Å². The molecule has 4 aliphatic carbocycles. The molecule has 10 rings (SSSR count). The summed E-state index contributed by atoms with van der Waals surface area (Å²) >= 11 is 1.49. The summed E-state index contributed by atoms with van der Waals surface area (Å²) in [5.74, 6) is 0.461. The summed E-state index contributed by atoms with van der Waals surface area (Å²) in [6.07, 6.45) is 23.3. The van der Waals surface area contributed by atoms with Crippen LogP contribution in [0.5, 0.6) is 0 Å². The average Bonchev–Trinajstić information content (AvgIpc) is 3.63. The Kier molecular flexibility index (Phi) is 10.3.